The molecule has 0 spiro atoms. The first-order valence-electron chi connectivity index (χ1n) is 8.86. The minimum absolute atomic E-state index is 0.778. The molecular formula is C17H30N4. The fourth-order valence-electron chi connectivity index (χ4n) is 3.76. The van der Waals surface area contributed by atoms with E-state index >= 15 is 0 Å². The van der Waals surface area contributed by atoms with Crippen LogP contribution in [0.25, 0.3) is 0 Å². The predicted octanol–water partition coefficient (Wildman–Crippen LogP) is 3.04. The van der Waals surface area contributed by atoms with Gasteiger partial charge in [-0.25, -0.2) is 4.98 Å². The van der Waals surface area contributed by atoms with E-state index in [-0.39, 0.29) is 0 Å². The van der Waals surface area contributed by atoms with Crippen LogP contribution < -0.4 is 5.32 Å². The van der Waals surface area contributed by atoms with Crippen LogP contribution in [-0.2, 0) is 13.0 Å². The zero-order chi connectivity index (χ0) is 14.7. The highest BCUT2D eigenvalue weighted by Gasteiger charge is 2.31. The summed E-state index contributed by atoms with van der Waals surface area (Å²) in [6.45, 7) is 6.83. The van der Waals surface area contributed by atoms with Crippen molar-refractivity contribution in [2.24, 2.45) is 17.8 Å². The molecule has 21 heavy (non-hydrogen) atoms. The molecule has 0 aliphatic heterocycles. The van der Waals surface area contributed by atoms with Gasteiger partial charge < -0.3 is 5.32 Å². The second-order valence-electron chi connectivity index (χ2n) is 7.22. The molecule has 2 saturated carbocycles. The monoisotopic (exact) mass is 290 g/mol. The largest absolute Gasteiger partial charge is 0.314 e. The van der Waals surface area contributed by atoms with Gasteiger partial charge in [0.2, 0.25) is 0 Å². The molecule has 0 radical (unpaired) electrons. The van der Waals surface area contributed by atoms with E-state index in [1.807, 2.05) is 0 Å². The van der Waals surface area contributed by atoms with Crippen molar-refractivity contribution in [3.8, 4) is 0 Å². The van der Waals surface area contributed by atoms with E-state index in [1.165, 1.54) is 44.5 Å². The van der Waals surface area contributed by atoms with Crippen molar-refractivity contribution >= 4 is 0 Å². The van der Waals surface area contributed by atoms with E-state index in [0.29, 0.717) is 0 Å². The summed E-state index contributed by atoms with van der Waals surface area (Å²) in [5.41, 5.74) is 0. The Hall–Kier alpha value is -0.900. The Kier molecular flexibility index (Phi) is 4.94. The Balaban J connectivity index is 1.61. The molecule has 2 aliphatic carbocycles. The SMILES string of the molecule is CCCn1ncnc1CC1CC(C)CCC1CNC1CC1. The van der Waals surface area contributed by atoms with Gasteiger partial charge in [-0.2, -0.15) is 5.10 Å². The van der Waals surface area contributed by atoms with Crippen molar-refractivity contribution in [3.05, 3.63) is 12.2 Å². The average Bonchev–Trinajstić information content (AvgIpc) is 3.20. The molecule has 2 fully saturated rings. The first-order valence-corrected chi connectivity index (χ1v) is 8.86. The first kappa shape index (κ1) is 15.0. The Bertz CT molecular complexity index is 438. The Morgan fingerprint density at radius 1 is 1.24 bits per heavy atom. The molecule has 1 aromatic heterocycles. The normalized spacial score (nSPS) is 29.7. The molecule has 0 amide bonds. The maximum absolute atomic E-state index is 4.53. The average molecular weight is 290 g/mol. The number of rotatable bonds is 7. The maximum atomic E-state index is 4.53. The molecule has 0 bridgehead atoms. The molecule has 1 N–H and O–H groups in total. The number of nitrogens with zero attached hydrogens (tertiary/aromatic N) is 3. The van der Waals surface area contributed by atoms with Gasteiger partial charge in [0, 0.05) is 19.0 Å². The van der Waals surface area contributed by atoms with Crippen molar-refractivity contribution in [1.82, 2.24) is 20.1 Å². The fraction of sp³-hybridized carbons (Fsp3) is 0.882. The Labute approximate surface area is 128 Å². The summed E-state index contributed by atoms with van der Waals surface area (Å²) in [6, 6.07) is 0.828. The van der Waals surface area contributed by atoms with Crippen LogP contribution >= 0.6 is 0 Å². The molecule has 2 aliphatic rings. The minimum Gasteiger partial charge on any atom is -0.314 e. The van der Waals surface area contributed by atoms with Crippen molar-refractivity contribution < 1.29 is 0 Å². The maximum Gasteiger partial charge on any atom is 0.138 e. The van der Waals surface area contributed by atoms with Crippen molar-refractivity contribution in [2.75, 3.05) is 6.54 Å². The fourth-order valence-corrected chi connectivity index (χ4v) is 3.76. The second kappa shape index (κ2) is 6.91. The van der Waals surface area contributed by atoms with Crippen LogP contribution in [0.1, 0.15) is 58.2 Å². The topological polar surface area (TPSA) is 42.7 Å². The molecule has 118 valence electrons. The minimum atomic E-state index is 0.778. The lowest BCUT2D eigenvalue weighted by molar-refractivity contribution is 0.179. The summed E-state index contributed by atoms with van der Waals surface area (Å²) in [5, 5.41) is 8.14. The highest BCUT2D eigenvalue weighted by molar-refractivity contribution is 4.93. The molecule has 0 saturated heterocycles. The quantitative estimate of drug-likeness (QED) is 0.839. The van der Waals surface area contributed by atoms with Gasteiger partial charge in [-0.15, -0.1) is 0 Å². The van der Waals surface area contributed by atoms with Crippen LogP contribution in [-0.4, -0.2) is 27.4 Å². The molecule has 3 unspecified atom stereocenters. The van der Waals surface area contributed by atoms with Crippen LogP contribution in [0.4, 0.5) is 0 Å². The van der Waals surface area contributed by atoms with Gasteiger partial charge in [0.1, 0.15) is 12.2 Å². The Morgan fingerprint density at radius 2 is 2.10 bits per heavy atom. The molecular weight excluding hydrogens is 260 g/mol. The molecule has 4 nitrogen and oxygen atoms in total. The smallest absolute Gasteiger partial charge is 0.138 e. The summed E-state index contributed by atoms with van der Waals surface area (Å²) in [7, 11) is 0. The van der Waals surface area contributed by atoms with Gasteiger partial charge in [0.15, 0.2) is 0 Å². The zero-order valence-electron chi connectivity index (χ0n) is 13.6. The van der Waals surface area contributed by atoms with Crippen molar-refractivity contribution in [1.29, 1.82) is 0 Å². The first-order chi connectivity index (χ1) is 10.3. The number of hydrogen-bond acceptors (Lipinski definition) is 3. The van der Waals surface area contributed by atoms with E-state index in [4.69, 9.17) is 0 Å². The molecule has 1 aromatic rings. The highest BCUT2D eigenvalue weighted by atomic mass is 15.3. The summed E-state index contributed by atoms with van der Waals surface area (Å²) in [4.78, 5) is 4.53. The van der Waals surface area contributed by atoms with Crippen LogP contribution in [0.2, 0.25) is 0 Å². The highest BCUT2D eigenvalue weighted by Crippen LogP contribution is 2.35. The van der Waals surface area contributed by atoms with Gasteiger partial charge in [0.25, 0.3) is 0 Å². The summed E-state index contributed by atoms with van der Waals surface area (Å²) in [5.74, 6) is 3.68. The van der Waals surface area contributed by atoms with Crippen molar-refractivity contribution in [2.45, 2.75) is 71.4 Å². The van der Waals surface area contributed by atoms with E-state index in [2.05, 4.69) is 33.9 Å². The lowest BCUT2D eigenvalue weighted by Gasteiger charge is -2.35. The standard InChI is InChI=1S/C17H30N4/c1-3-8-21-17(19-12-20-21)10-15-9-13(2)4-5-14(15)11-18-16-6-7-16/h12-16,18H,3-11H2,1-2H3. The summed E-state index contributed by atoms with van der Waals surface area (Å²) in [6.07, 6.45) is 10.9. The summed E-state index contributed by atoms with van der Waals surface area (Å²) < 4.78 is 2.12. The van der Waals surface area contributed by atoms with Crippen LogP contribution in [0.5, 0.6) is 0 Å². The van der Waals surface area contributed by atoms with Gasteiger partial charge in [-0.05, 0) is 56.4 Å². The number of hydrogen-bond donors (Lipinski definition) is 1. The third-order valence-corrected chi connectivity index (χ3v) is 5.22. The lowest BCUT2D eigenvalue weighted by atomic mass is 9.73. The van der Waals surface area contributed by atoms with E-state index in [0.717, 1.165) is 43.2 Å². The lowest BCUT2D eigenvalue weighted by Crippen LogP contribution is -2.35. The van der Waals surface area contributed by atoms with Crippen molar-refractivity contribution in [3.63, 3.8) is 0 Å². The van der Waals surface area contributed by atoms with E-state index in [1.54, 1.807) is 6.33 Å². The van der Waals surface area contributed by atoms with E-state index in [9.17, 15) is 0 Å². The van der Waals surface area contributed by atoms with Gasteiger partial charge >= 0.3 is 0 Å². The second-order valence-corrected chi connectivity index (χ2v) is 7.22. The third-order valence-electron chi connectivity index (χ3n) is 5.22. The van der Waals surface area contributed by atoms with Crippen LogP contribution in [0, 0.1) is 17.8 Å². The van der Waals surface area contributed by atoms with Crippen LogP contribution in [0.3, 0.4) is 0 Å². The van der Waals surface area contributed by atoms with Gasteiger partial charge in [-0.3, -0.25) is 4.68 Å². The zero-order valence-corrected chi connectivity index (χ0v) is 13.6. The van der Waals surface area contributed by atoms with E-state index < -0.39 is 0 Å². The number of aryl methyl sites for hydroxylation is 1. The third kappa shape index (κ3) is 4.06. The Morgan fingerprint density at radius 3 is 2.86 bits per heavy atom. The molecule has 0 aromatic carbocycles. The predicted molar refractivity (Wildman–Crippen MR) is 85.0 cm³/mol. The number of aromatic nitrogens is 3. The van der Waals surface area contributed by atoms with Crippen LogP contribution in [0.15, 0.2) is 6.33 Å². The van der Waals surface area contributed by atoms with Gasteiger partial charge in [0.05, 0.1) is 0 Å². The molecule has 4 heteroatoms. The molecule has 3 rings (SSSR count). The molecule has 3 atom stereocenters. The van der Waals surface area contributed by atoms with Gasteiger partial charge in [-0.1, -0.05) is 20.3 Å². The molecule has 1 heterocycles. The summed E-state index contributed by atoms with van der Waals surface area (Å²) >= 11 is 0. The number of nitrogens with one attached hydrogen (secondary N) is 1.